The lowest BCUT2D eigenvalue weighted by Crippen LogP contribution is -2.12. The van der Waals surface area contributed by atoms with E-state index in [4.69, 9.17) is 9.15 Å². The molecule has 23 heavy (non-hydrogen) atoms. The second-order valence-corrected chi connectivity index (χ2v) is 4.90. The molecule has 1 heterocycles. The smallest absolute Gasteiger partial charge is 0.315 e. The summed E-state index contributed by atoms with van der Waals surface area (Å²) in [6.07, 6.45) is -0.187. The Kier molecular flexibility index (Phi) is 3.76. The van der Waals surface area contributed by atoms with E-state index in [1.165, 1.54) is 12.1 Å². The van der Waals surface area contributed by atoms with Gasteiger partial charge in [0.2, 0.25) is 0 Å². The van der Waals surface area contributed by atoms with Crippen LogP contribution in [0.1, 0.15) is 11.5 Å². The highest BCUT2D eigenvalue weighted by molar-refractivity contribution is 5.79. The van der Waals surface area contributed by atoms with Gasteiger partial charge in [0.05, 0.1) is 11.3 Å². The Morgan fingerprint density at radius 1 is 1.30 bits per heavy atom. The Balaban J connectivity index is 1.77. The first-order chi connectivity index (χ1) is 11.0. The van der Waals surface area contributed by atoms with Crippen LogP contribution in [0.5, 0.6) is 5.75 Å². The molecule has 0 fully saturated rings. The molecule has 0 unspecified atom stereocenters. The molecule has 0 bridgehead atoms. The summed E-state index contributed by atoms with van der Waals surface area (Å²) >= 11 is 0. The topological polar surface area (TPSA) is 95.5 Å². The van der Waals surface area contributed by atoms with Gasteiger partial charge in [0.15, 0.2) is 11.5 Å². The molecule has 0 aliphatic heterocycles. The number of rotatable bonds is 4. The molecule has 0 aliphatic rings. The number of fused-ring (bicyclic) bond motifs is 1. The summed E-state index contributed by atoms with van der Waals surface area (Å²) in [5, 5.41) is 10.9. The Labute approximate surface area is 130 Å². The van der Waals surface area contributed by atoms with Gasteiger partial charge in [0.25, 0.3) is 5.69 Å². The average Bonchev–Trinajstić information content (AvgIpc) is 2.86. The molecule has 2 aromatic carbocycles. The maximum absolute atomic E-state index is 12.0. The Morgan fingerprint density at radius 2 is 2.09 bits per heavy atom. The van der Waals surface area contributed by atoms with E-state index in [2.05, 4.69) is 4.98 Å². The number of esters is 1. The zero-order valence-electron chi connectivity index (χ0n) is 12.2. The van der Waals surface area contributed by atoms with Crippen molar-refractivity contribution in [3.05, 3.63) is 64.0 Å². The summed E-state index contributed by atoms with van der Waals surface area (Å²) in [6, 6.07) is 10.9. The quantitative estimate of drug-likeness (QED) is 0.318. The molecule has 1 aromatic heterocycles. The number of aryl methyl sites for hydroxylation is 1. The number of carbonyl (C=O) groups excluding carboxylic acids is 1. The van der Waals surface area contributed by atoms with Gasteiger partial charge in [0.1, 0.15) is 11.3 Å². The summed E-state index contributed by atoms with van der Waals surface area (Å²) in [4.78, 5) is 26.6. The van der Waals surface area contributed by atoms with Crippen molar-refractivity contribution in [3.8, 4) is 5.75 Å². The number of nitro groups is 1. The molecule has 7 heteroatoms. The number of aromatic nitrogens is 1. The zero-order valence-corrected chi connectivity index (χ0v) is 12.2. The fourth-order valence-corrected chi connectivity index (χ4v) is 2.25. The molecule has 0 atom stereocenters. The largest absolute Gasteiger partial charge is 0.441 e. The number of ether oxygens (including phenoxy) is 1. The van der Waals surface area contributed by atoms with Gasteiger partial charge in [-0.25, -0.2) is 4.98 Å². The van der Waals surface area contributed by atoms with Gasteiger partial charge in [0, 0.05) is 24.6 Å². The molecule has 0 spiro atoms. The highest BCUT2D eigenvalue weighted by Gasteiger charge is 2.17. The van der Waals surface area contributed by atoms with Crippen LogP contribution in [0, 0.1) is 17.0 Å². The van der Waals surface area contributed by atoms with Crippen LogP contribution in [-0.4, -0.2) is 15.9 Å². The minimum Gasteiger partial charge on any atom is -0.441 e. The lowest BCUT2D eigenvalue weighted by Gasteiger charge is -2.04. The van der Waals surface area contributed by atoms with Crippen molar-refractivity contribution in [1.29, 1.82) is 0 Å². The van der Waals surface area contributed by atoms with Crippen molar-refractivity contribution in [2.45, 2.75) is 13.3 Å². The van der Waals surface area contributed by atoms with Gasteiger partial charge in [-0.2, -0.15) is 0 Å². The Hall–Kier alpha value is -3.22. The van der Waals surface area contributed by atoms with E-state index >= 15 is 0 Å². The summed E-state index contributed by atoms with van der Waals surface area (Å²) in [7, 11) is 0. The van der Waals surface area contributed by atoms with Crippen molar-refractivity contribution in [2.75, 3.05) is 0 Å². The fraction of sp³-hybridized carbons (Fsp3) is 0.125. The van der Waals surface area contributed by atoms with E-state index < -0.39 is 10.9 Å². The zero-order chi connectivity index (χ0) is 16.4. The molecule has 0 amide bonds. The molecule has 3 rings (SSSR count). The van der Waals surface area contributed by atoms with E-state index in [1.807, 2.05) is 0 Å². The molecule has 3 aromatic rings. The summed E-state index contributed by atoms with van der Waals surface area (Å²) in [5.74, 6) is 0.247. The van der Waals surface area contributed by atoms with Gasteiger partial charge < -0.3 is 9.15 Å². The molecule has 0 saturated carbocycles. The average molecular weight is 312 g/mol. The molecule has 0 N–H and O–H groups in total. The van der Waals surface area contributed by atoms with Crippen LogP contribution >= 0.6 is 0 Å². The van der Waals surface area contributed by atoms with E-state index in [9.17, 15) is 14.9 Å². The number of hydrogen-bond acceptors (Lipinski definition) is 6. The normalized spacial score (nSPS) is 10.7. The van der Waals surface area contributed by atoms with E-state index in [0.717, 1.165) is 0 Å². The van der Waals surface area contributed by atoms with Gasteiger partial charge in [-0.1, -0.05) is 18.2 Å². The predicted octanol–water partition coefficient (Wildman–Crippen LogP) is 3.19. The van der Waals surface area contributed by atoms with Gasteiger partial charge >= 0.3 is 5.97 Å². The summed E-state index contributed by atoms with van der Waals surface area (Å²) < 4.78 is 10.6. The van der Waals surface area contributed by atoms with Crippen LogP contribution in [0.15, 0.2) is 46.9 Å². The highest BCUT2D eigenvalue weighted by atomic mass is 16.6. The SMILES string of the molecule is Cc1nc2cc(OC(=O)Cc3ccccc3[N+](=O)[O-])ccc2o1. The van der Waals surface area contributed by atoms with Gasteiger partial charge in [-0.3, -0.25) is 14.9 Å². The summed E-state index contributed by atoms with van der Waals surface area (Å²) in [6.45, 7) is 1.72. The Morgan fingerprint density at radius 3 is 2.87 bits per heavy atom. The number of nitrogens with zero attached hydrogens (tertiary/aromatic N) is 2. The first kappa shape index (κ1) is 14.7. The number of para-hydroxylation sites is 1. The molecule has 7 nitrogen and oxygen atoms in total. The van der Waals surface area contributed by atoms with Crippen LogP contribution in [-0.2, 0) is 11.2 Å². The van der Waals surface area contributed by atoms with Crippen molar-refractivity contribution < 1.29 is 18.9 Å². The van der Waals surface area contributed by atoms with E-state index in [1.54, 1.807) is 37.3 Å². The number of carbonyl (C=O) groups is 1. The van der Waals surface area contributed by atoms with Crippen LogP contribution in [0.25, 0.3) is 11.1 Å². The molecule has 116 valence electrons. The van der Waals surface area contributed by atoms with E-state index in [-0.39, 0.29) is 12.1 Å². The number of hydrogen-bond donors (Lipinski definition) is 0. The van der Waals surface area contributed by atoms with Gasteiger partial charge in [-0.05, 0) is 12.1 Å². The molecule has 0 radical (unpaired) electrons. The molecular weight excluding hydrogens is 300 g/mol. The molecule has 0 saturated heterocycles. The van der Waals surface area contributed by atoms with Crippen LogP contribution in [0.3, 0.4) is 0 Å². The highest BCUT2D eigenvalue weighted by Crippen LogP contribution is 2.23. The van der Waals surface area contributed by atoms with Crippen molar-refractivity contribution >= 4 is 22.8 Å². The number of benzene rings is 2. The number of oxazole rings is 1. The van der Waals surface area contributed by atoms with Crippen molar-refractivity contribution in [2.24, 2.45) is 0 Å². The number of nitro benzene ring substituents is 1. The molecule has 0 aliphatic carbocycles. The minimum atomic E-state index is -0.584. The first-order valence-corrected chi connectivity index (χ1v) is 6.83. The monoisotopic (exact) mass is 312 g/mol. The summed E-state index contributed by atoms with van der Waals surface area (Å²) in [5.41, 5.74) is 1.38. The third-order valence-corrected chi connectivity index (χ3v) is 3.22. The minimum absolute atomic E-state index is 0.105. The second-order valence-electron chi connectivity index (χ2n) is 4.90. The molecular formula is C16H12N2O5. The van der Waals surface area contributed by atoms with Crippen molar-refractivity contribution in [3.63, 3.8) is 0 Å². The third-order valence-electron chi connectivity index (χ3n) is 3.22. The standard InChI is InChI=1S/C16H12N2O5/c1-10-17-13-9-12(6-7-15(13)22-10)23-16(19)8-11-4-2-3-5-14(11)18(20)21/h2-7,9H,8H2,1H3. The van der Waals surface area contributed by atoms with Gasteiger partial charge in [-0.15, -0.1) is 0 Å². The van der Waals surface area contributed by atoms with Crippen LogP contribution in [0.2, 0.25) is 0 Å². The van der Waals surface area contributed by atoms with E-state index in [0.29, 0.717) is 28.3 Å². The predicted molar refractivity (Wildman–Crippen MR) is 81.2 cm³/mol. The lowest BCUT2D eigenvalue weighted by molar-refractivity contribution is -0.385. The second kappa shape index (κ2) is 5.88. The lowest BCUT2D eigenvalue weighted by atomic mass is 10.1. The maximum Gasteiger partial charge on any atom is 0.315 e. The van der Waals surface area contributed by atoms with Crippen molar-refractivity contribution in [1.82, 2.24) is 4.98 Å². The van der Waals surface area contributed by atoms with Crippen LogP contribution in [0.4, 0.5) is 5.69 Å². The third kappa shape index (κ3) is 3.18. The fourth-order valence-electron chi connectivity index (χ4n) is 2.25. The van der Waals surface area contributed by atoms with Crippen LogP contribution < -0.4 is 4.74 Å². The maximum atomic E-state index is 12.0. The first-order valence-electron chi connectivity index (χ1n) is 6.83. The Bertz CT molecular complexity index is 900.